The first kappa shape index (κ1) is 16.0. The molecule has 0 fully saturated rings. The van der Waals surface area contributed by atoms with Crippen molar-refractivity contribution in [1.29, 1.82) is 0 Å². The largest absolute Gasteiger partial charge is 0.467 e. The van der Waals surface area contributed by atoms with Crippen molar-refractivity contribution in [3.05, 3.63) is 77.1 Å². The Morgan fingerprint density at radius 1 is 1.08 bits per heavy atom. The molecule has 1 unspecified atom stereocenters. The molecule has 3 aromatic rings. The van der Waals surface area contributed by atoms with E-state index in [1.165, 1.54) is 7.11 Å². The van der Waals surface area contributed by atoms with Crippen molar-refractivity contribution < 1.29 is 19.4 Å². The van der Waals surface area contributed by atoms with Gasteiger partial charge in [-0.25, -0.2) is 4.79 Å². The molecule has 0 aliphatic carbocycles. The number of methoxy groups -OCH3 is 1. The lowest BCUT2D eigenvalue weighted by Gasteiger charge is -2.10. The number of aliphatic hydroxyl groups is 1. The molecule has 2 aromatic heterocycles. The Kier molecular flexibility index (Phi) is 4.18. The lowest BCUT2D eigenvalue weighted by Crippen LogP contribution is -2.16. The van der Waals surface area contributed by atoms with Crippen LogP contribution in [0.1, 0.15) is 33.3 Å². The maximum atomic E-state index is 12.9. The van der Waals surface area contributed by atoms with Crippen molar-refractivity contribution in [2.24, 2.45) is 0 Å². The van der Waals surface area contributed by atoms with Gasteiger partial charge in [0, 0.05) is 11.8 Å². The highest BCUT2D eigenvalue weighted by atomic mass is 16.5. The van der Waals surface area contributed by atoms with Crippen LogP contribution >= 0.6 is 0 Å². The minimum atomic E-state index is -1.46. The normalized spacial score (nSPS) is 12.1. The van der Waals surface area contributed by atoms with Gasteiger partial charge in [0.15, 0.2) is 11.9 Å². The fourth-order valence-electron chi connectivity index (χ4n) is 2.94. The number of aromatic nitrogens is 1. The van der Waals surface area contributed by atoms with E-state index in [0.717, 1.165) is 0 Å². The average molecular weight is 323 g/mol. The van der Waals surface area contributed by atoms with Gasteiger partial charge in [0.05, 0.1) is 23.9 Å². The van der Waals surface area contributed by atoms with E-state index in [9.17, 15) is 14.7 Å². The SMILES string of the molecule is COC(=O)C(O)c1c(C)c(C(=O)c2ccccc2)c2ccccn12. The molecule has 1 aromatic carbocycles. The average Bonchev–Trinajstić information content (AvgIpc) is 2.92. The lowest BCUT2D eigenvalue weighted by molar-refractivity contribution is -0.151. The van der Waals surface area contributed by atoms with Crippen LogP contribution in [-0.2, 0) is 9.53 Å². The molecule has 1 atom stereocenters. The predicted molar refractivity (Wildman–Crippen MR) is 89.0 cm³/mol. The topological polar surface area (TPSA) is 68.0 Å². The second kappa shape index (κ2) is 6.29. The molecule has 0 aliphatic rings. The summed E-state index contributed by atoms with van der Waals surface area (Å²) in [6.45, 7) is 1.73. The number of benzene rings is 1. The van der Waals surface area contributed by atoms with E-state index in [-0.39, 0.29) is 5.78 Å². The second-order valence-electron chi connectivity index (χ2n) is 5.46. The Morgan fingerprint density at radius 2 is 1.75 bits per heavy atom. The molecule has 3 rings (SSSR count). The summed E-state index contributed by atoms with van der Waals surface area (Å²) in [6, 6.07) is 14.3. The Bertz CT molecular complexity index is 912. The first-order chi connectivity index (χ1) is 11.6. The third-order valence-electron chi connectivity index (χ3n) is 4.08. The Labute approximate surface area is 139 Å². The number of aliphatic hydroxyl groups excluding tert-OH is 1. The number of rotatable bonds is 4. The highest BCUT2D eigenvalue weighted by molar-refractivity contribution is 6.14. The maximum absolute atomic E-state index is 12.9. The minimum absolute atomic E-state index is 0.153. The molecule has 24 heavy (non-hydrogen) atoms. The molecule has 0 saturated carbocycles. The molecule has 0 spiro atoms. The molecule has 0 amide bonds. The number of nitrogens with zero attached hydrogens (tertiary/aromatic N) is 1. The van der Waals surface area contributed by atoms with E-state index in [4.69, 9.17) is 0 Å². The van der Waals surface area contributed by atoms with Crippen molar-refractivity contribution in [3.63, 3.8) is 0 Å². The third kappa shape index (κ3) is 2.49. The summed E-state index contributed by atoms with van der Waals surface area (Å²) in [5.74, 6) is -0.917. The van der Waals surface area contributed by atoms with Gasteiger partial charge >= 0.3 is 5.97 Å². The summed E-state index contributed by atoms with van der Waals surface area (Å²) in [7, 11) is 1.21. The van der Waals surface area contributed by atoms with Gasteiger partial charge in [-0.3, -0.25) is 4.79 Å². The Hall–Kier alpha value is -2.92. The number of ether oxygens (including phenoxy) is 1. The molecule has 5 nitrogen and oxygen atoms in total. The number of hydrogen-bond acceptors (Lipinski definition) is 4. The molecule has 2 heterocycles. The number of carbonyl (C=O) groups excluding carboxylic acids is 2. The Morgan fingerprint density at radius 3 is 2.42 bits per heavy atom. The second-order valence-corrected chi connectivity index (χ2v) is 5.46. The fraction of sp³-hybridized carbons (Fsp3) is 0.158. The minimum Gasteiger partial charge on any atom is -0.467 e. The molecule has 122 valence electrons. The van der Waals surface area contributed by atoms with Crippen LogP contribution in [0, 0.1) is 6.92 Å². The zero-order chi connectivity index (χ0) is 17.3. The zero-order valence-corrected chi connectivity index (χ0v) is 13.4. The summed E-state index contributed by atoms with van der Waals surface area (Å²) in [5, 5.41) is 10.3. The Balaban J connectivity index is 2.25. The summed E-state index contributed by atoms with van der Waals surface area (Å²) >= 11 is 0. The van der Waals surface area contributed by atoms with E-state index in [1.807, 2.05) is 12.1 Å². The first-order valence-electron chi connectivity index (χ1n) is 7.51. The van der Waals surface area contributed by atoms with Crippen LogP contribution in [-0.4, -0.2) is 28.4 Å². The third-order valence-corrected chi connectivity index (χ3v) is 4.08. The molecule has 5 heteroatoms. The van der Waals surface area contributed by atoms with E-state index < -0.39 is 12.1 Å². The van der Waals surface area contributed by atoms with Crippen LogP contribution in [0.2, 0.25) is 0 Å². The van der Waals surface area contributed by atoms with Crippen molar-refractivity contribution >= 4 is 17.3 Å². The first-order valence-corrected chi connectivity index (χ1v) is 7.51. The van der Waals surface area contributed by atoms with Gasteiger partial charge < -0.3 is 14.2 Å². The van der Waals surface area contributed by atoms with Gasteiger partial charge in [0.2, 0.25) is 0 Å². The van der Waals surface area contributed by atoms with Crippen molar-refractivity contribution in [2.75, 3.05) is 7.11 Å². The van der Waals surface area contributed by atoms with Crippen LogP contribution in [0.25, 0.3) is 5.52 Å². The number of carbonyl (C=O) groups is 2. The van der Waals surface area contributed by atoms with Crippen LogP contribution in [0.5, 0.6) is 0 Å². The maximum Gasteiger partial charge on any atom is 0.340 e. The van der Waals surface area contributed by atoms with Crippen LogP contribution < -0.4 is 0 Å². The van der Waals surface area contributed by atoms with E-state index in [2.05, 4.69) is 4.74 Å². The van der Waals surface area contributed by atoms with E-state index in [0.29, 0.717) is 27.9 Å². The van der Waals surface area contributed by atoms with Crippen molar-refractivity contribution in [2.45, 2.75) is 13.0 Å². The van der Waals surface area contributed by atoms with E-state index >= 15 is 0 Å². The summed E-state index contributed by atoms with van der Waals surface area (Å²) in [5.41, 5.74) is 2.57. The van der Waals surface area contributed by atoms with Crippen LogP contribution in [0.4, 0.5) is 0 Å². The van der Waals surface area contributed by atoms with Crippen molar-refractivity contribution in [3.8, 4) is 0 Å². The highest BCUT2D eigenvalue weighted by Crippen LogP contribution is 2.30. The summed E-state index contributed by atoms with van der Waals surface area (Å²) < 4.78 is 6.30. The van der Waals surface area contributed by atoms with Gasteiger partial charge in [-0.15, -0.1) is 0 Å². The number of ketones is 1. The molecule has 0 aliphatic heterocycles. The molecule has 0 saturated heterocycles. The number of esters is 1. The number of hydrogen-bond donors (Lipinski definition) is 1. The van der Waals surface area contributed by atoms with Gasteiger partial charge in [0.1, 0.15) is 0 Å². The molecule has 0 bridgehead atoms. The van der Waals surface area contributed by atoms with Crippen LogP contribution in [0.3, 0.4) is 0 Å². The standard InChI is InChI=1S/C19H17NO4/c1-12-15(17(21)13-8-4-3-5-9-13)14-10-6-7-11-20(14)16(12)18(22)19(23)24-2/h3-11,18,22H,1-2H3. The van der Waals surface area contributed by atoms with Gasteiger partial charge in [-0.2, -0.15) is 0 Å². The highest BCUT2D eigenvalue weighted by Gasteiger charge is 2.29. The molecular weight excluding hydrogens is 306 g/mol. The van der Waals surface area contributed by atoms with E-state index in [1.54, 1.807) is 53.9 Å². The van der Waals surface area contributed by atoms with Gasteiger partial charge in [-0.1, -0.05) is 36.4 Å². The van der Waals surface area contributed by atoms with Crippen LogP contribution in [0.15, 0.2) is 54.7 Å². The predicted octanol–water partition coefficient (Wildman–Crippen LogP) is 2.69. The van der Waals surface area contributed by atoms with Crippen molar-refractivity contribution in [1.82, 2.24) is 4.40 Å². The smallest absolute Gasteiger partial charge is 0.340 e. The monoisotopic (exact) mass is 323 g/mol. The fourth-order valence-corrected chi connectivity index (χ4v) is 2.94. The quantitative estimate of drug-likeness (QED) is 0.592. The number of fused-ring (bicyclic) bond motifs is 1. The summed E-state index contributed by atoms with van der Waals surface area (Å²) in [4.78, 5) is 24.7. The summed E-state index contributed by atoms with van der Waals surface area (Å²) in [6.07, 6.45) is 0.258. The van der Waals surface area contributed by atoms with Gasteiger partial charge in [-0.05, 0) is 24.6 Å². The zero-order valence-electron chi connectivity index (χ0n) is 13.4. The molecular formula is C19H17NO4. The molecule has 0 radical (unpaired) electrons. The molecule has 1 N–H and O–H groups in total. The lowest BCUT2D eigenvalue weighted by atomic mass is 9.99. The van der Waals surface area contributed by atoms with Gasteiger partial charge in [0.25, 0.3) is 0 Å². The number of pyridine rings is 1.